The Bertz CT molecular complexity index is 476. The fourth-order valence-electron chi connectivity index (χ4n) is 1.05. The predicted octanol–water partition coefficient (Wildman–Crippen LogP) is 6.13. The molecule has 0 amide bonds. The minimum atomic E-state index is -0.215. The van der Waals surface area contributed by atoms with Gasteiger partial charge in [0.15, 0.2) is 0 Å². The van der Waals surface area contributed by atoms with Gasteiger partial charge in [-0.1, -0.05) is 64.1 Å². The Hall–Kier alpha value is -2.04. The lowest BCUT2D eigenvalue weighted by Gasteiger charge is -1.93. The van der Waals surface area contributed by atoms with E-state index in [-0.39, 0.29) is 9.41 Å². The molecular formula is C19H30NO2P. The maximum absolute atomic E-state index is 7.32. The third-order valence-corrected chi connectivity index (χ3v) is 2.08. The zero-order valence-electron chi connectivity index (χ0n) is 16.0. The van der Waals surface area contributed by atoms with Gasteiger partial charge in [-0.2, -0.15) is 5.26 Å². The fraction of sp³-hybridized carbons (Fsp3) is 0.316. The molecule has 0 bridgehead atoms. The number of rotatable bonds is 3. The van der Waals surface area contributed by atoms with Crippen molar-refractivity contribution >= 4 is 9.41 Å². The van der Waals surface area contributed by atoms with E-state index in [0.29, 0.717) is 0 Å². The highest BCUT2D eigenvalue weighted by molar-refractivity contribution is 7.10. The van der Waals surface area contributed by atoms with Gasteiger partial charge in [0, 0.05) is 6.92 Å². The minimum Gasteiger partial charge on any atom is -0.497 e. The van der Waals surface area contributed by atoms with E-state index in [4.69, 9.17) is 15.8 Å². The van der Waals surface area contributed by atoms with E-state index in [9.17, 15) is 0 Å². The number of para-hydroxylation sites is 2. The maximum atomic E-state index is 7.32. The number of methoxy groups -OCH3 is 1. The average Bonchev–Trinajstić information content (AvgIpc) is 2.68. The lowest BCUT2D eigenvalue weighted by atomic mass is 10.3. The molecule has 23 heavy (non-hydrogen) atoms. The summed E-state index contributed by atoms with van der Waals surface area (Å²) >= 11 is 0. The van der Waals surface area contributed by atoms with Gasteiger partial charge < -0.3 is 9.26 Å². The summed E-state index contributed by atoms with van der Waals surface area (Å²) in [6, 6.07) is 20.8. The summed E-state index contributed by atoms with van der Waals surface area (Å²) in [6.07, 6.45) is 0. The van der Waals surface area contributed by atoms with Gasteiger partial charge in [-0.05, 0) is 24.3 Å². The smallest absolute Gasteiger partial charge is 0.122 e. The molecule has 0 aliphatic rings. The standard InChI is InChI=1S/C7H8O.C6H7OP.C2H3N.2C2H6/c1-8-7-5-3-2-4-6-7;8-7-6-4-2-1-3-5-6;1-2-3;2*1-2/h2-6H,1H3;1-5H,8H2;1H3;2*1-2H3/i;8T;;;. The molecule has 1 atom stereocenters. The second kappa shape index (κ2) is 24.9. The molecule has 1 unspecified atom stereocenters. The molecule has 2 aromatic rings. The van der Waals surface area contributed by atoms with Crippen LogP contribution in [0.25, 0.3) is 0 Å². The first kappa shape index (κ1) is 23.2. The zero-order valence-corrected chi connectivity index (χ0v) is 16.0. The van der Waals surface area contributed by atoms with E-state index in [1.807, 2.05) is 88.4 Å². The first-order valence-corrected chi connectivity index (χ1v) is 7.97. The van der Waals surface area contributed by atoms with E-state index in [2.05, 4.69) is 0 Å². The summed E-state index contributed by atoms with van der Waals surface area (Å²) in [7, 11) is 1.45. The van der Waals surface area contributed by atoms with Crippen molar-refractivity contribution < 1.29 is 9.26 Å². The highest BCUT2D eigenvalue weighted by atomic mass is 31.0. The van der Waals surface area contributed by atoms with Crippen molar-refractivity contribution in [1.29, 1.82) is 6.54 Å². The molecule has 0 fully saturated rings. The number of hydrogen-bond donors (Lipinski definition) is 0. The van der Waals surface area contributed by atoms with Crippen LogP contribution in [-0.2, 0) is 0 Å². The van der Waals surface area contributed by atoms with E-state index in [1.165, 1.54) is 6.92 Å². The largest absolute Gasteiger partial charge is 0.497 e. The quantitative estimate of drug-likeness (QED) is 0.632. The van der Waals surface area contributed by atoms with Crippen molar-refractivity contribution in [3.05, 3.63) is 60.7 Å². The summed E-state index contributed by atoms with van der Waals surface area (Å²) in [5.41, 5.74) is 0. The molecule has 0 heterocycles. The van der Waals surface area contributed by atoms with Crippen LogP contribution in [0.15, 0.2) is 60.7 Å². The molecule has 0 radical (unpaired) electrons. The van der Waals surface area contributed by atoms with Gasteiger partial charge in [-0.15, -0.1) is 0 Å². The SMILES string of the molecule is CC.CC.CC#N.COc1ccccc1.[3H]POc1ccccc1. The van der Waals surface area contributed by atoms with Crippen LogP contribution >= 0.6 is 9.41 Å². The summed E-state index contributed by atoms with van der Waals surface area (Å²) in [5.74, 6) is 1.68. The number of benzene rings is 2. The van der Waals surface area contributed by atoms with E-state index >= 15 is 0 Å². The van der Waals surface area contributed by atoms with Crippen LogP contribution < -0.4 is 9.26 Å². The van der Waals surface area contributed by atoms with Crippen LogP contribution in [0.2, 0.25) is 0 Å². The van der Waals surface area contributed by atoms with Crippen molar-refractivity contribution in [2.24, 2.45) is 0 Å². The molecule has 2 aromatic carbocycles. The molecule has 128 valence electrons. The summed E-state index contributed by atoms with van der Waals surface area (Å²) in [5, 5.41) is 7.32. The lowest BCUT2D eigenvalue weighted by molar-refractivity contribution is 0.415. The van der Waals surface area contributed by atoms with Crippen molar-refractivity contribution in [3.8, 4) is 17.6 Å². The number of hydrogen-bond acceptors (Lipinski definition) is 3. The number of ether oxygens (including phenoxy) is 1. The molecular weight excluding hydrogens is 305 g/mol. The Morgan fingerprint density at radius 3 is 1.48 bits per heavy atom. The van der Waals surface area contributed by atoms with Crippen LogP contribution in [0.4, 0.5) is 0 Å². The van der Waals surface area contributed by atoms with Crippen LogP contribution in [0, 0.1) is 11.3 Å². The fourth-order valence-corrected chi connectivity index (χ4v) is 1.18. The van der Waals surface area contributed by atoms with Gasteiger partial charge in [0.2, 0.25) is 0 Å². The summed E-state index contributed by atoms with van der Waals surface area (Å²) < 4.78 is 16.6. The molecule has 0 spiro atoms. The topological polar surface area (TPSA) is 42.2 Å². The average molecular weight is 337 g/mol. The van der Waals surface area contributed by atoms with Crippen molar-refractivity contribution in [3.63, 3.8) is 0 Å². The van der Waals surface area contributed by atoms with Gasteiger partial charge in [0.1, 0.15) is 11.5 Å². The number of nitriles is 1. The molecule has 3 nitrogen and oxygen atoms in total. The Morgan fingerprint density at radius 2 is 1.22 bits per heavy atom. The second-order valence-electron chi connectivity index (χ2n) is 3.16. The first-order chi connectivity index (χ1) is 11.8. The Labute approximate surface area is 145 Å². The van der Waals surface area contributed by atoms with Crippen molar-refractivity contribution in [2.75, 3.05) is 7.11 Å². The zero-order chi connectivity index (χ0) is 19.1. The van der Waals surface area contributed by atoms with E-state index in [0.717, 1.165) is 11.5 Å². The monoisotopic (exact) mass is 337 g/mol. The molecule has 0 N–H and O–H groups in total. The molecule has 2 rings (SSSR count). The molecule has 0 saturated heterocycles. The molecule has 4 heteroatoms. The molecule has 0 saturated carbocycles. The Kier molecular flexibility index (Phi) is 25.2. The third kappa shape index (κ3) is 20.0. The second-order valence-corrected chi connectivity index (χ2v) is 3.36. The van der Waals surface area contributed by atoms with Crippen molar-refractivity contribution in [2.45, 2.75) is 34.6 Å². The molecule has 0 aliphatic carbocycles. The molecule has 0 aliphatic heterocycles. The lowest BCUT2D eigenvalue weighted by Crippen LogP contribution is -1.78. The maximum Gasteiger partial charge on any atom is 0.122 e. The third-order valence-electron chi connectivity index (χ3n) is 1.84. The predicted molar refractivity (Wildman–Crippen MR) is 104 cm³/mol. The highest BCUT2D eigenvalue weighted by Gasteiger charge is 1.81. The van der Waals surface area contributed by atoms with E-state index < -0.39 is 0 Å². The normalized spacial score (nSPS) is 7.96. The van der Waals surface area contributed by atoms with Crippen LogP contribution in [0.5, 0.6) is 11.5 Å². The highest BCUT2D eigenvalue weighted by Crippen LogP contribution is 2.09. The van der Waals surface area contributed by atoms with Crippen LogP contribution in [0.3, 0.4) is 0 Å². The van der Waals surface area contributed by atoms with Crippen LogP contribution in [0.1, 0.15) is 34.6 Å². The Balaban J connectivity index is -0.000000270. The van der Waals surface area contributed by atoms with Crippen LogP contribution in [-0.4, -0.2) is 8.39 Å². The van der Waals surface area contributed by atoms with Gasteiger partial charge in [0.05, 0.1) is 23.9 Å². The number of nitrogens with zero attached hydrogens (tertiary/aromatic N) is 1. The van der Waals surface area contributed by atoms with E-state index in [1.54, 1.807) is 13.2 Å². The van der Waals surface area contributed by atoms with Gasteiger partial charge in [-0.25, -0.2) is 0 Å². The van der Waals surface area contributed by atoms with Crippen molar-refractivity contribution in [1.82, 2.24) is 0 Å². The minimum absolute atomic E-state index is 0.215. The van der Waals surface area contributed by atoms with Gasteiger partial charge >= 0.3 is 0 Å². The van der Waals surface area contributed by atoms with Gasteiger partial charge in [-0.3, -0.25) is 0 Å². The molecule has 0 aromatic heterocycles. The van der Waals surface area contributed by atoms with Gasteiger partial charge in [0.25, 0.3) is 0 Å². The first-order valence-electron chi connectivity index (χ1n) is 8.07. The summed E-state index contributed by atoms with van der Waals surface area (Å²) in [4.78, 5) is 0. The Morgan fingerprint density at radius 1 is 0.870 bits per heavy atom. The summed E-state index contributed by atoms with van der Waals surface area (Å²) in [6.45, 7) is 9.43.